The first-order valence-corrected chi connectivity index (χ1v) is 5.17. The Hall–Kier alpha value is -0.900. The van der Waals surface area contributed by atoms with Crippen LogP contribution in [0.2, 0.25) is 0 Å². The molecule has 3 nitrogen and oxygen atoms in total. The molecule has 1 aromatic rings. The van der Waals surface area contributed by atoms with E-state index in [2.05, 4.69) is 0 Å². The highest BCUT2D eigenvalue weighted by Gasteiger charge is 2.05. The second-order valence-corrected chi connectivity index (χ2v) is 3.74. The van der Waals surface area contributed by atoms with E-state index in [4.69, 9.17) is 10.5 Å². The third kappa shape index (κ3) is 3.63. The number of benzene rings is 1. The second-order valence-electron chi connectivity index (χ2n) is 3.74. The summed E-state index contributed by atoms with van der Waals surface area (Å²) >= 11 is 0. The van der Waals surface area contributed by atoms with Gasteiger partial charge in [0.25, 0.3) is 0 Å². The predicted octanol–water partition coefficient (Wildman–Crippen LogP) is 1.26. The van der Waals surface area contributed by atoms with Crippen LogP contribution in [0.1, 0.15) is 24.2 Å². The molecule has 0 aliphatic heterocycles. The maximum atomic E-state index is 9.50. The molecule has 3 N–H and O–H groups in total. The SMILES string of the molecule is COC(C)Cc1ccc(C(O)CN)cc1. The van der Waals surface area contributed by atoms with Gasteiger partial charge in [0.15, 0.2) is 0 Å². The van der Waals surface area contributed by atoms with E-state index in [1.807, 2.05) is 31.2 Å². The van der Waals surface area contributed by atoms with Gasteiger partial charge in [-0.05, 0) is 24.5 Å². The molecule has 0 aromatic heterocycles. The van der Waals surface area contributed by atoms with Gasteiger partial charge >= 0.3 is 0 Å². The van der Waals surface area contributed by atoms with Crippen molar-refractivity contribution in [3.8, 4) is 0 Å². The average Bonchev–Trinajstić information content (AvgIpc) is 2.29. The minimum atomic E-state index is -0.557. The van der Waals surface area contributed by atoms with Crippen LogP contribution < -0.4 is 5.73 Å². The molecule has 0 aliphatic rings. The van der Waals surface area contributed by atoms with E-state index in [1.54, 1.807) is 7.11 Å². The Kier molecular flexibility index (Phi) is 4.75. The van der Waals surface area contributed by atoms with Gasteiger partial charge in [-0.15, -0.1) is 0 Å². The molecule has 3 heteroatoms. The molecular formula is C12H19NO2. The topological polar surface area (TPSA) is 55.5 Å². The van der Waals surface area contributed by atoms with Crippen LogP contribution >= 0.6 is 0 Å². The fraction of sp³-hybridized carbons (Fsp3) is 0.500. The van der Waals surface area contributed by atoms with Crippen molar-refractivity contribution >= 4 is 0 Å². The summed E-state index contributed by atoms with van der Waals surface area (Å²) < 4.78 is 5.18. The Morgan fingerprint density at radius 3 is 2.40 bits per heavy atom. The summed E-state index contributed by atoms with van der Waals surface area (Å²) in [6.07, 6.45) is 0.546. The molecule has 0 spiro atoms. The molecular weight excluding hydrogens is 190 g/mol. The van der Waals surface area contributed by atoms with Crippen LogP contribution in [0.4, 0.5) is 0 Å². The minimum Gasteiger partial charge on any atom is -0.387 e. The quantitative estimate of drug-likeness (QED) is 0.767. The van der Waals surface area contributed by atoms with Gasteiger partial charge in [-0.25, -0.2) is 0 Å². The molecule has 2 atom stereocenters. The van der Waals surface area contributed by atoms with Gasteiger partial charge < -0.3 is 15.6 Å². The number of rotatable bonds is 5. The molecule has 1 aromatic carbocycles. The number of hydrogen-bond donors (Lipinski definition) is 2. The highest BCUT2D eigenvalue weighted by atomic mass is 16.5. The van der Waals surface area contributed by atoms with Crippen LogP contribution in [-0.4, -0.2) is 24.9 Å². The van der Waals surface area contributed by atoms with Crippen LogP contribution in [0, 0.1) is 0 Å². The van der Waals surface area contributed by atoms with E-state index < -0.39 is 6.10 Å². The summed E-state index contributed by atoms with van der Waals surface area (Å²) in [5, 5.41) is 9.50. The normalized spacial score (nSPS) is 14.9. The lowest BCUT2D eigenvalue weighted by Gasteiger charge is -2.11. The second kappa shape index (κ2) is 5.85. The van der Waals surface area contributed by atoms with Crippen molar-refractivity contribution in [1.82, 2.24) is 0 Å². The van der Waals surface area contributed by atoms with E-state index in [0.717, 1.165) is 12.0 Å². The first-order chi connectivity index (χ1) is 7.17. The van der Waals surface area contributed by atoms with Crippen molar-refractivity contribution in [2.45, 2.75) is 25.6 Å². The molecule has 0 saturated heterocycles. The molecule has 0 heterocycles. The van der Waals surface area contributed by atoms with Gasteiger partial charge in [0.05, 0.1) is 12.2 Å². The average molecular weight is 209 g/mol. The summed E-state index contributed by atoms with van der Waals surface area (Å²) in [7, 11) is 1.71. The molecule has 0 fully saturated rings. The van der Waals surface area contributed by atoms with Gasteiger partial charge in [0.1, 0.15) is 0 Å². The van der Waals surface area contributed by atoms with Crippen molar-refractivity contribution in [3.63, 3.8) is 0 Å². The van der Waals surface area contributed by atoms with Crippen LogP contribution in [-0.2, 0) is 11.2 Å². The molecule has 0 bridgehead atoms. The van der Waals surface area contributed by atoms with Crippen LogP contribution in [0.3, 0.4) is 0 Å². The largest absolute Gasteiger partial charge is 0.387 e. The van der Waals surface area contributed by atoms with Gasteiger partial charge in [-0.2, -0.15) is 0 Å². The van der Waals surface area contributed by atoms with E-state index in [-0.39, 0.29) is 12.6 Å². The highest BCUT2D eigenvalue weighted by molar-refractivity contribution is 5.24. The third-order valence-electron chi connectivity index (χ3n) is 2.51. The third-order valence-corrected chi connectivity index (χ3v) is 2.51. The van der Waals surface area contributed by atoms with Crippen molar-refractivity contribution < 1.29 is 9.84 Å². The maximum absolute atomic E-state index is 9.50. The number of ether oxygens (including phenoxy) is 1. The Balaban J connectivity index is 2.64. The monoisotopic (exact) mass is 209 g/mol. The van der Waals surface area contributed by atoms with Crippen LogP contribution in [0.25, 0.3) is 0 Å². The lowest BCUT2D eigenvalue weighted by Crippen LogP contribution is -2.12. The molecule has 0 saturated carbocycles. The number of aliphatic hydroxyl groups is 1. The number of nitrogens with two attached hydrogens (primary N) is 1. The van der Waals surface area contributed by atoms with E-state index in [1.165, 1.54) is 5.56 Å². The summed E-state index contributed by atoms with van der Waals surface area (Å²) in [5.74, 6) is 0. The van der Waals surface area contributed by atoms with Gasteiger partial charge in [-0.3, -0.25) is 0 Å². The van der Waals surface area contributed by atoms with Crippen molar-refractivity contribution in [2.75, 3.05) is 13.7 Å². The zero-order valence-electron chi connectivity index (χ0n) is 9.31. The summed E-state index contributed by atoms with van der Waals surface area (Å²) in [5.41, 5.74) is 7.45. The summed E-state index contributed by atoms with van der Waals surface area (Å²) in [6.45, 7) is 2.29. The Morgan fingerprint density at radius 1 is 1.33 bits per heavy atom. The molecule has 0 amide bonds. The molecule has 0 aliphatic carbocycles. The molecule has 2 unspecified atom stereocenters. The molecule has 1 rings (SSSR count). The number of hydrogen-bond acceptors (Lipinski definition) is 3. The van der Waals surface area contributed by atoms with E-state index >= 15 is 0 Å². The van der Waals surface area contributed by atoms with Crippen molar-refractivity contribution in [3.05, 3.63) is 35.4 Å². The smallest absolute Gasteiger partial charge is 0.0912 e. The van der Waals surface area contributed by atoms with E-state index in [0.29, 0.717) is 0 Å². The van der Waals surface area contributed by atoms with Crippen molar-refractivity contribution in [1.29, 1.82) is 0 Å². The molecule has 15 heavy (non-hydrogen) atoms. The first kappa shape index (κ1) is 12.2. The number of methoxy groups -OCH3 is 1. The van der Waals surface area contributed by atoms with E-state index in [9.17, 15) is 5.11 Å². The summed E-state index contributed by atoms with van der Waals surface area (Å²) in [4.78, 5) is 0. The predicted molar refractivity (Wildman–Crippen MR) is 60.6 cm³/mol. The zero-order chi connectivity index (χ0) is 11.3. The fourth-order valence-corrected chi connectivity index (χ4v) is 1.43. The molecule has 0 radical (unpaired) electrons. The first-order valence-electron chi connectivity index (χ1n) is 5.17. The number of aliphatic hydroxyl groups excluding tert-OH is 1. The standard InChI is InChI=1S/C12H19NO2/c1-9(15-2)7-10-3-5-11(6-4-10)12(14)8-13/h3-6,9,12,14H,7-8,13H2,1-2H3. The Labute approximate surface area is 90.9 Å². The molecule has 84 valence electrons. The lowest BCUT2D eigenvalue weighted by atomic mass is 10.0. The maximum Gasteiger partial charge on any atom is 0.0912 e. The summed E-state index contributed by atoms with van der Waals surface area (Å²) in [6, 6.07) is 7.83. The Morgan fingerprint density at radius 2 is 1.93 bits per heavy atom. The van der Waals surface area contributed by atoms with Crippen molar-refractivity contribution in [2.24, 2.45) is 5.73 Å². The van der Waals surface area contributed by atoms with Crippen LogP contribution in [0.5, 0.6) is 0 Å². The van der Waals surface area contributed by atoms with Gasteiger partial charge in [-0.1, -0.05) is 24.3 Å². The Bertz CT molecular complexity index is 284. The van der Waals surface area contributed by atoms with Crippen LogP contribution in [0.15, 0.2) is 24.3 Å². The highest BCUT2D eigenvalue weighted by Crippen LogP contribution is 2.13. The van der Waals surface area contributed by atoms with Gasteiger partial charge in [0, 0.05) is 13.7 Å². The minimum absolute atomic E-state index is 0.218. The lowest BCUT2D eigenvalue weighted by molar-refractivity contribution is 0.119. The zero-order valence-corrected chi connectivity index (χ0v) is 9.31. The fourth-order valence-electron chi connectivity index (χ4n) is 1.43. The van der Waals surface area contributed by atoms with Gasteiger partial charge in [0.2, 0.25) is 0 Å².